The smallest absolute Gasteiger partial charge is 0.230 e. The third-order valence-corrected chi connectivity index (χ3v) is 7.23. The highest BCUT2D eigenvalue weighted by molar-refractivity contribution is 7.16. The zero-order chi connectivity index (χ0) is 21.8. The van der Waals surface area contributed by atoms with Crippen LogP contribution >= 0.6 is 11.3 Å². The number of rotatable bonds is 6. The van der Waals surface area contributed by atoms with Crippen molar-refractivity contribution < 1.29 is 15.0 Å². The molecule has 1 aromatic carbocycles. The Morgan fingerprint density at radius 3 is 2.52 bits per heavy atom. The Morgan fingerprint density at radius 2 is 1.87 bits per heavy atom. The van der Waals surface area contributed by atoms with Crippen molar-refractivity contribution in [1.29, 1.82) is 0 Å². The highest BCUT2D eigenvalue weighted by atomic mass is 32.1. The van der Waals surface area contributed by atoms with Crippen molar-refractivity contribution in [3.05, 3.63) is 71.4 Å². The molecule has 0 saturated heterocycles. The van der Waals surface area contributed by atoms with Gasteiger partial charge in [-0.15, -0.1) is 11.3 Å². The Labute approximate surface area is 187 Å². The normalized spacial score (nSPS) is 18.8. The third-order valence-electron chi connectivity index (χ3n) is 6.02. The molecule has 1 aliphatic carbocycles. The summed E-state index contributed by atoms with van der Waals surface area (Å²) >= 11 is 1.31. The van der Waals surface area contributed by atoms with Gasteiger partial charge in [0.1, 0.15) is 0 Å². The Morgan fingerprint density at radius 1 is 1.13 bits per heavy atom. The Bertz CT molecular complexity index is 996. The molecule has 0 atom stereocenters. The number of thiophene rings is 1. The average Bonchev–Trinajstić information content (AvgIpc) is 3.24. The molecule has 0 unspecified atom stereocenters. The van der Waals surface area contributed by atoms with Crippen LogP contribution in [0.3, 0.4) is 0 Å². The summed E-state index contributed by atoms with van der Waals surface area (Å²) in [5.41, 5.74) is 2.47. The van der Waals surface area contributed by atoms with Gasteiger partial charge < -0.3 is 15.1 Å². The van der Waals surface area contributed by atoms with Crippen molar-refractivity contribution in [3.8, 4) is 10.4 Å². The van der Waals surface area contributed by atoms with Gasteiger partial charge in [0.2, 0.25) is 5.91 Å². The lowest BCUT2D eigenvalue weighted by Gasteiger charge is -2.31. The van der Waals surface area contributed by atoms with Gasteiger partial charge in [-0.05, 0) is 54.9 Å². The Hall–Kier alpha value is -2.54. The number of carbonyl (C=O) groups excluding carboxylic acids is 1. The van der Waals surface area contributed by atoms with Crippen LogP contribution in [0.4, 0.5) is 5.69 Å². The minimum Gasteiger partial charge on any atom is -0.364 e. The second-order valence-corrected chi connectivity index (χ2v) is 9.43. The summed E-state index contributed by atoms with van der Waals surface area (Å²) < 4.78 is 0. The third kappa shape index (κ3) is 5.03. The summed E-state index contributed by atoms with van der Waals surface area (Å²) in [5, 5.41) is 20.2. The molecule has 0 radical (unpaired) electrons. The van der Waals surface area contributed by atoms with Crippen molar-refractivity contribution in [2.24, 2.45) is 11.8 Å². The number of pyridine rings is 1. The summed E-state index contributed by atoms with van der Waals surface area (Å²) in [7, 11) is 0. The number of carbonyl (C=O) groups is 1. The number of aliphatic hydroxyl groups excluding tert-OH is 1. The number of amides is 1. The summed E-state index contributed by atoms with van der Waals surface area (Å²) in [6.45, 7) is 2.59. The average molecular weight is 437 g/mol. The number of nitrogens with zero attached hydrogens (tertiary/aromatic N) is 2. The standard InChI is InChI=1S/C25H28N2O3S/c1-17-9-11-20(12-10-17)24(28)27(16-18-6-5-13-26-15-18)21-14-22(31-23(21)25(29)30)19-7-3-2-4-8-19/h2-8,13-15,17,20,25,29-30H,9-12,16H2,1H3. The molecule has 162 valence electrons. The van der Waals surface area contributed by atoms with Crippen molar-refractivity contribution in [1.82, 2.24) is 4.98 Å². The molecule has 3 aromatic rings. The predicted octanol–water partition coefficient (Wildman–Crippen LogP) is 5.15. The van der Waals surface area contributed by atoms with E-state index in [1.54, 1.807) is 17.3 Å². The fourth-order valence-corrected chi connectivity index (χ4v) is 5.26. The van der Waals surface area contributed by atoms with Crippen LogP contribution in [-0.2, 0) is 11.3 Å². The van der Waals surface area contributed by atoms with Crippen LogP contribution in [0.5, 0.6) is 0 Å². The molecule has 1 amide bonds. The quantitative estimate of drug-likeness (QED) is 0.524. The van der Waals surface area contributed by atoms with Crippen LogP contribution < -0.4 is 4.90 Å². The van der Waals surface area contributed by atoms with E-state index in [1.165, 1.54) is 11.3 Å². The van der Waals surface area contributed by atoms with Gasteiger partial charge in [-0.25, -0.2) is 0 Å². The van der Waals surface area contributed by atoms with Crippen LogP contribution in [0.15, 0.2) is 60.9 Å². The zero-order valence-electron chi connectivity index (χ0n) is 17.6. The topological polar surface area (TPSA) is 73.7 Å². The molecule has 1 saturated carbocycles. The molecule has 1 aliphatic rings. The number of aliphatic hydroxyl groups is 2. The largest absolute Gasteiger partial charge is 0.364 e. The molecule has 31 heavy (non-hydrogen) atoms. The van der Waals surface area contributed by atoms with E-state index in [1.807, 2.05) is 48.5 Å². The van der Waals surface area contributed by atoms with Crippen LogP contribution in [0, 0.1) is 11.8 Å². The van der Waals surface area contributed by atoms with Gasteiger partial charge in [0, 0.05) is 23.2 Å². The molecule has 2 aromatic heterocycles. The second-order valence-electron chi connectivity index (χ2n) is 8.34. The minimum atomic E-state index is -1.65. The number of anilines is 1. The van der Waals surface area contributed by atoms with Crippen LogP contribution in [-0.4, -0.2) is 21.1 Å². The maximum Gasteiger partial charge on any atom is 0.230 e. The lowest BCUT2D eigenvalue weighted by molar-refractivity contribution is -0.123. The van der Waals surface area contributed by atoms with E-state index in [2.05, 4.69) is 11.9 Å². The Balaban J connectivity index is 1.73. The lowest BCUT2D eigenvalue weighted by Crippen LogP contribution is -2.37. The van der Waals surface area contributed by atoms with E-state index in [9.17, 15) is 15.0 Å². The molecule has 2 N–H and O–H groups in total. The van der Waals surface area contributed by atoms with E-state index in [0.717, 1.165) is 41.7 Å². The second kappa shape index (κ2) is 9.73. The molecule has 0 aliphatic heterocycles. The van der Waals surface area contributed by atoms with E-state index < -0.39 is 6.29 Å². The summed E-state index contributed by atoms with van der Waals surface area (Å²) in [4.78, 5) is 20.9. The van der Waals surface area contributed by atoms with Crippen molar-refractivity contribution in [2.75, 3.05) is 4.90 Å². The summed E-state index contributed by atoms with van der Waals surface area (Å²) in [6, 6.07) is 15.5. The van der Waals surface area contributed by atoms with E-state index >= 15 is 0 Å². The predicted molar refractivity (Wildman–Crippen MR) is 123 cm³/mol. The molecule has 1 fully saturated rings. The highest BCUT2D eigenvalue weighted by Gasteiger charge is 2.32. The van der Waals surface area contributed by atoms with Crippen LogP contribution in [0.25, 0.3) is 10.4 Å². The van der Waals surface area contributed by atoms with Gasteiger partial charge in [0.15, 0.2) is 6.29 Å². The zero-order valence-corrected chi connectivity index (χ0v) is 18.5. The first-order chi connectivity index (χ1) is 15.0. The summed E-state index contributed by atoms with van der Waals surface area (Å²) in [5.74, 6) is 0.656. The van der Waals surface area contributed by atoms with Gasteiger partial charge >= 0.3 is 0 Å². The van der Waals surface area contributed by atoms with Gasteiger partial charge in [-0.3, -0.25) is 9.78 Å². The van der Waals surface area contributed by atoms with Gasteiger partial charge in [-0.2, -0.15) is 0 Å². The van der Waals surface area contributed by atoms with E-state index in [4.69, 9.17) is 0 Å². The van der Waals surface area contributed by atoms with Crippen molar-refractivity contribution in [3.63, 3.8) is 0 Å². The number of benzene rings is 1. The fraction of sp³-hybridized carbons (Fsp3) is 0.360. The molecule has 6 heteroatoms. The van der Waals surface area contributed by atoms with Crippen LogP contribution in [0.1, 0.15) is 49.3 Å². The van der Waals surface area contributed by atoms with Crippen molar-refractivity contribution >= 4 is 22.9 Å². The lowest BCUT2D eigenvalue weighted by atomic mass is 9.82. The molecule has 0 bridgehead atoms. The maximum atomic E-state index is 13.7. The molecular formula is C25H28N2O3S. The van der Waals surface area contributed by atoms with Gasteiger partial charge in [0.25, 0.3) is 0 Å². The fourth-order valence-electron chi connectivity index (χ4n) is 4.22. The molecule has 4 rings (SSSR count). The molecule has 0 spiro atoms. The molecule has 5 nitrogen and oxygen atoms in total. The number of hydrogen-bond acceptors (Lipinski definition) is 5. The molecular weight excluding hydrogens is 408 g/mol. The van der Waals surface area contributed by atoms with Gasteiger partial charge in [0.05, 0.1) is 17.1 Å². The highest BCUT2D eigenvalue weighted by Crippen LogP contribution is 2.41. The van der Waals surface area contributed by atoms with E-state index in [-0.39, 0.29) is 11.8 Å². The first-order valence-electron chi connectivity index (χ1n) is 10.8. The molecule has 2 heterocycles. The van der Waals surface area contributed by atoms with E-state index in [0.29, 0.717) is 23.0 Å². The summed E-state index contributed by atoms with van der Waals surface area (Å²) in [6.07, 6.45) is 5.65. The number of hydrogen-bond donors (Lipinski definition) is 2. The van der Waals surface area contributed by atoms with Crippen molar-refractivity contribution in [2.45, 2.75) is 45.4 Å². The SMILES string of the molecule is CC1CCC(C(=O)N(Cc2cccnc2)c2cc(-c3ccccc3)sc2C(O)O)CC1. The first kappa shape index (κ1) is 21.7. The van der Waals surface area contributed by atoms with Crippen LogP contribution in [0.2, 0.25) is 0 Å². The first-order valence-corrected chi connectivity index (χ1v) is 11.6. The Kier molecular flexibility index (Phi) is 6.80. The van der Waals surface area contributed by atoms with Gasteiger partial charge in [-0.1, -0.05) is 43.3 Å². The maximum absolute atomic E-state index is 13.7. The minimum absolute atomic E-state index is 0.0448. The number of aromatic nitrogens is 1. The monoisotopic (exact) mass is 436 g/mol.